The van der Waals surface area contributed by atoms with Crippen molar-refractivity contribution in [3.63, 3.8) is 0 Å². The largest absolute Gasteiger partial charge is 0.497 e. The quantitative estimate of drug-likeness (QED) is 0.812. The molecule has 1 aromatic heterocycles. The van der Waals surface area contributed by atoms with Crippen molar-refractivity contribution >= 4 is 0 Å². The van der Waals surface area contributed by atoms with E-state index in [4.69, 9.17) is 4.74 Å². The van der Waals surface area contributed by atoms with Gasteiger partial charge in [-0.25, -0.2) is 0 Å². The SMILES string of the molecule is COc1ccc(CN(Cc2cnn(C)c2)[C@H](CO)C(C)C)cc1. The molecule has 2 rings (SSSR count). The number of hydrogen-bond donors (Lipinski definition) is 1. The van der Waals surface area contributed by atoms with Gasteiger partial charge in [0.1, 0.15) is 5.75 Å². The lowest BCUT2D eigenvalue weighted by atomic mass is 10.0. The summed E-state index contributed by atoms with van der Waals surface area (Å²) in [6.45, 7) is 5.98. The molecule has 23 heavy (non-hydrogen) atoms. The van der Waals surface area contributed by atoms with Crippen molar-refractivity contribution in [3.8, 4) is 5.75 Å². The van der Waals surface area contributed by atoms with Crippen molar-refractivity contribution < 1.29 is 9.84 Å². The number of benzene rings is 1. The van der Waals surface area contributed by atoms with Gasteiger partial charge < -0.3 is 9.84 Å². The first-order chi connectivity index (χ1) is 11.0. The van der Waals surface area contributed by atoms with Crippen molar-refractivity contribution in [3.05, 3.63) is 47.8 Å². The van der Waals surface area contributed by atoms with Crippen molar-refractivity contribution in [2.24, 2.45) is 13.0 Å². The molecule has 1 heterocycles. The highest BCUT2D eigenvalue weighted by molar-refractivity contribution is 5.27. The third kappa shape index (κ3) is 4.81. The molecule has 2 aromatic rings. The highest BCUT2D eigenvalue weighted by atomic mass is 16.5. The molecule has 126 valence electrons. The highest BCUT2D eigenvalue weighted by Crippen LogP contribution is 2.19. The summed E-state index contributed by atoms with van der Waals surface area (Å²) < 4.78 is 7.02. The minimum Gasteiger partial charge on any atom is -0.497 e. The molecule has 0 fully saturated rings. The first-order valence-corrected chi connectivity index (χ1v) is 7.98. The Morgan fingerprint density at radius 3 is 2.30 bits per heavy atom. The van der Waals surface area contributed by atoms with Gasteiger partial charge in [-0.1, -0.05) is 26.0 Å². The molecular formula is C18H27N3O2. The molecule has 0 saturated heterocycles. The van der Waals surface area contributed by atoms with Gasteiger partial charge in [0.15, 0.2) is 0 Å². The maximum Gasteiger partial charge on any atom is 0.118 e. The van der Waals surface area contributed by atoms with Crippen LogP contribution < -0.4 is 4.74 Å². The summed E-state index contributed by atoms with van der Waals surface area (Å²) in [5, 5.41) is 14.1. The minimum atomic E-state index is 0.109. The van der Waals surface area contributed by atoms with E-state index in [9.17, 15) is 5.11 Å². The zero-order valence-electron chi connectivity index (χ0n) is 14.4. The second-order valence-electron chi connectivity index (χ2n) is 6.27. The van der Waals surface area contributed by atoms with E-state index in [1.165, 1.54) is 5.56 Å². The van der Waals surface area contributed by atoms with E-state index < -0.39 is 0 Å². The average molecular weight is 317 g/mol. The smallest absolute Gasteiger partial charge is 0.118 e. The molecule has 0 unspecified atom stereocenters. The lowest BCUT2D eigenvalue weighted by molar-refractivity contribution is 0.0784. The number of aliphatic hydroxyl groups is 1. The molecule has 1 atom stereocenters. The molecule has 0 aliphatic heterocycles. The lowest BCUT2D eigenvalue weighted by Gasteiger charge is -2.33. The Balaban J connectivity index is 2.17. The number of aliphatic hydroxyl groups excluding tert-OH is 1. The molecule has 0 aliphatic rings. The van der Waals surface area contributed by atoms with Crippen molar-refractivity contribution in [2.75, 3.05) is 13.7 Å². The summed E-state index contributed by atoms with van der Waals surface area (Å²) in [6.07, 6.45) is 3.91. The van der Waals surface area contributed by atoms with Crippen LogP contribution >= 0.6 is 0 Å². The van der Waals surface area contributed by atoms with Crippen molar-refractivity contribution in [2.45, 2.75) is 33.0 Å². The van der Waals surface area contributed by atoms with Crippen LogP contribution in [0.5, 0.6) is 5.75 Å². The van der Waals surface area contributed by atoms with Gasteiger partial charge in [-0.15, -0.1) is 0 Å². The number of ether oxygens (including phenoxy) is 1. The first kappa shape index (κ1) is 17.5. The third-order valence-corrected chi connectivity index (χ3v) is 4.11. The van der Waals surface area contributed by atoms with Crippen molar-refractivity contribution in [1.29, 1.82) is 0 Å². The zero-order valence-corrected chi connectivity index (χ0v) is 14.4. The molecule has 5 heteroatoms. The molecule has 0 aliphatic carbocycles. The molecule has 5 nitrogen and oxygen atoms in total. The topological polar surface area (TPSA) is 50.5 Å². The Morgan fingerprint density at radius 1 is 1.17 bits per heavy atom. The Kier molecular flexibility index (Phi) is 6.19. The van der Waals surface area contributed by atoms with E-state index in [0.29, 0.717) is 5.92 Å². The van der Waals surface area contributed by atoms with Crippen LogP contribution in [0.15, 0.2) is 36.7 Å². The first-order valence-electron chi connectivity index (χ1n) is 7.98. The summed E-state index contributed by atoms with van der Waals surface area (Å²) >= 11 is 0. The predicted molar refractivity (Wildman–Crippen MR) is 91.2 cm³/mol. The van der Waals surface area contributed by atoms with Crippen LogP contribution in [0.25, 0.3) is 0 Å². The Hall–Kier alpha value is -1.85. The summed E-state index contributed by atoms with van der Waals surface area (Å²) in [5.74, 6) is 1.23. The van der Waals surface area contributed by atoms with E-state index in [1.54, 1.807) is 7.11 Å². The summed E-state index contributed by atoms with van der Waals surface area (Å²) in [7, 11) is 3.59. The van der Waals surface area contributed by atoms with E-state index in [0.717, 1.165) is 24.4 Å². The van der Waals surface area contributed by atoms with Gasteiger partial charge in [-0.2, -0.15) is 5.10 Å². The van der Waals surface area contributed by atoms with Crippen LogP contribution in [0, 0.1) is 5.92 Å². The Bertz CT molecular complexity index is 593. The van der Waals surface area contributed by atoms with Crippen LogP contribution in [0.2, 0.25) is 0 Å². The molecule has 0 bridgehead atoms. The number of aromatic nitrogens is 2. The summed E-state index contributed by atoms with van der Waals surface area (Å²) in [4.78, 5) is 2.31. The average Bonchev–Trinajstić information content (AvgIpc) is 2.93. The van der Waals surface area contributed by atoms with Crippen LogP contribution in [0.4, 0.5) is 0 Å². The molecule has 1 N–H and O–H groups in total. The number of aryl methyl sites for hydroxylation is 1. The normalized spacial score (nSPS) is 12.8. The molecule has 0 radical (unpaired) electrons. The van der Waals surface area contributed by atoms with Gasteiger partial charge >= 0.3 is 0 Å². The Morgan fingerprint density at radius 2 is 1.83 bits per heavy atom. The van der Waals surface area contributed by atoms with Crippen LogP contribution in [0.3, 0.4) is 0 Å². The second kappa shape index (κ2) is 8.13. The monoisotopic (exact) mass is 317 g/mol. The van der Waals surface area contributed by atoms with Gasteiger partial charge in [0.2, 0.25) is 0 Å². The van der Waals surface area contributed by atoms with Gasteiger partial charge in [0.05, 0.1) is 19.9 Å². The maximum absolute atomic E-state index is 9.83. The standard InChI is InChI=1S/C18H27N3O2/c1-14(2)18(13-22)21(12-16-9-19-20(3)10-16)11-15-5-7-17(23-4)8-6-15/h5-10,14,18,22H,11-13H2,1-4H3/t18-/m1/s1. The fourth-order valence-corrected chi connectivity index (χ4v) is 2.79. The summed E-state index contributed by atoms with van der Waals surface area (Å²) in [6, 6.07) is 8.20. The Labute approximate surface area is 138 Å². The summed E-state index contributed by atoms with van der Waals surface area (Å²) in [5.41, 5.74) is 2.36. The second-order valence-corrected chi connectivity index (χ2v) is 6.27. The van der Waals surface area contributed by atoms with E-state index >= 15 is 0 Å². The van der Waals surface area contributed by atoms with Gasteiger partial charge in [-0.3, -0.25) is 9.58 Å². The van der Waals surface area contributed by atoms with Crippen LogP contribution in [-0.2, 0) is 20.1 Å². The van der Waals surface area contributed by atoms with E-state index in [1.807, 2.05) is 36.3 Å². The molecule has 0 amide bonds. The van der Waals surface area contributed by atoms with Gasteiger partial charge in [-0.05, 0) is 23.6 Å². The van der Waals surface area contributed by atoms with Gasteiger partial charge in [0, 0.05) is 37.9 Å². The number of nitrogens with zero attached hydrogens (tertiary/aromatic N) is 3. The van der Waals surface area contributed by atoms with E-state index in [2.05, 4.69) is 36.0 Å². The zero-order chi connectivity index (χ0) is 16.8. The van der Waals surface area contributed by atoms with Crippen LogP contribution in [0.1, 0.15) is 25.0 Å². The molecule has 1 aromatic carbocycles. The lowest BCUT2D eigenvalue weighted by Crippen LogP contribution is -2.40. The highest BCUT2D eigenvalue weighted by Gasteiger charge is 2.22. The molecular weight excluding hydrogens is 290 g/mol. The third-order valence-electron chi connectivity index (χ3n) is 4.11. The van der Waals surface area contributed by atoms with Crippen molar-refractivity contribution in [1.82, 2.24) is 14.7 Å². The molecule has 0 saturated carbocycles. The predicted octanol–water partition coefficient (Wildman–Crippen LogP) is 2.45. The fraction of sp³-hybridized carbons (Fsp3) is 0.500. The maximum atomic E-state index is 9.83. The number of rotatable bonds is 8. The minimum absolute atomic E-state index is 0.109. The fourth-order valence-electron chi connectivity index (χ4n) is 2.79. The molecule has 0 spiro atoms. The van der Waals surface area contributed by atoms with Crippen LogP contribution in [-0.4, -0.2) is 39.5 Å². The van der Waals surface area contributed by atoms with Gasteiger partial charge in [0.25, 0.3) is 0 Å². The number of methoxy groups -OCH3 is 1. The van der Waals surface area contributed by atoms with E-state index in [-0.39, 0.29) is 12.6 Å². The number of hydrogen-bond acceptors (Lipinski definition) is 4.